The number of nitrogens with zero attached hydrogens (tertiary/aromatic N) is 6. The van der Waals surface area contributed by atoms with Crippen LogP contribution in [0.3, 0.4) is 0 Å². The van der Waals surface area contributed by atoms with Crippen molar-refractivity contribution in [3.8, 4) is 0 Å². The summed E-state index contributed by atoms with van der Waals surface area (Å²) in [7, 11) is 0. The molecule has 4 rings (SSSR count). The molecule has 14 heteroatoms. The van der Waals surface area contributed by atoms with Crippen LogP contribution in [-0.4, -0.2) is 25.5 Å². The lowest BCUT2D eigenvalue weighted by atomic mass is 10.1. The highest BCUT2D eigenvalue weighted by Gasteiger charge is 2.37. The van der Waals surface area contributed by atoms with E-state index in [2.05, 4.69) is 4.99 Å². The summed E-state index contributed by atoms with van der Waals surface area (Å²) in [4.78, 5) is 49.5. The van der Waals surface area contributed by atoms with Crippen LogP contribution in [0.15, 0.2) is 96.0 Å². The lowest BCUT2D eigenvalue weighted by Crippen LogP contribution is -2.28. The van der Waals surface area contributed by atoms with Crippen LogP contribution >= 0.6 is 0 Å². The van der Waals surface area contributed by atoms with Gasteiger partial charge in [0.05, 0.1) is 37.5 Å². The average molecular weight is 542 g/mol. The molecule has 4 aromatic carbocycles. The smallest absolute Gasteiger partial charge is 0.282 e. The zero-order valence-electron chi connectivity index (χ0n) is 20.6. The molecule has 0 atom stereocenters. The quantitative estimate of drug-likeness (QED) is 0.103. The van der Waals surface area contributed by atoms with E-state index in [0.717, 1.165) is 10.5 Å². The number of aliphatic imine (C=N–C) groups is 1. The first-order valence-electron chi connectivity index (χ1n) is 11.4. The van der Waals surface area contributed by atoms with Gasteiger partial charge in [0.25, 0.3) is 11.4 Å². The summed E-state index contributed by atoms with van der Waals surface area (Å²) in [5.74, 6) is -0.0648. The molecule has 0 saturated carbocycles. The summed E-state index contributed by atoms with van der Waals surface area (Å²) in [5, 5.41) is 47.2. The monoisotopic (exact) mass is 542 g/mol. The van der Waals surface area contributed by atoms with E-state index in [9.17, 15) is 40.5 Å². The Labute approximate surface area is 225 Å². The number of rotatable bonds is 8. The summed E-state index contributed by atoms with van der Waals surface area (Å²) in [5.41, 5.74) is -1.89. The fourth-order valence-electron chi connectivity index (χ4n) is 3.85. The Kier molecular flexibility index (Phi) is 7.52. The molecule has 0 saturated heterocycles. The molecule has 4 aromatic rings. The summed E-state index contributed by atoms with van der Waals surface area (Å²) in [6, 6.07) is 21.1. The van der Waals surface area contributed by atoms with E-state index in [0.29, 0.717) is 17.8 Å². The second-order valence-electron chi connectivity index (χ2n) is 8.35. The topological polar surface area (TPSA) is 188 Å². The minimum absolute atomic E-state index is 0.0648. The third-order valence-electron chi connectivity index (χ3n) is 5.71. The van der Waals surface area contributed by atoms with E-state index in [1.807, 2.05) is 0 Å². The third kappa shape index (κ3) is 5.60. The summed E-state index contributed by atoms with van der Waals surface area (Å²) >= 11 is 0. The molecule has 0 aliphatic heterocycles. The van der Waals surface area contributed by atoms with Gasteiger partial charge < -0.3 is 0 Å². The van der Waals surface area contributed by atoms with E-state index < -0.39 is 42.4 Å². The zero-order chi connectivity index (χ0) is 29.0. The highest BCUT2D eigenvalue weighted by atomic mass is 16.6. The van der Waals surface area contributed by atoms with Crippen molar-refractivity contribution in [1.29, 1.82) is 0 Å². The number of para-hydroxylation sites is 1. The van der Waals surface area contributed by atoms with E-state index in [1.54, 1.807) is 61.5 Å². The third-order valence-corrected chi connectivity index (χ3v) is 5.71. The second-order valence-corrected chi connectivity index (χ2v) is 8.35. The van der Waals surface area contributed by atoms with Crippen molar-refractivity contribution >= 4 is 45.6 Å². The van der Waals surface area contributed by atoms with Crippen molar-refractivity contribution < 1.29 is 19.7 Å². The molecule has 0 aliphatic carbocycles. The maximum Gasteiger partial charge on any atom is 0.307 e. The molecule has 0 amide bonds. The van der Waals surface area contributed by atoms with Crippen molar-refractivity contribution in [2.75, 3.05) is 4.90 Å². The van der Waals surface area contributed by atoms with Crippen LogP contribution in [0.1, 0.15) is 11.1 Å². The Morgan fingerprint density at radius 2 is 1.18 bits per heavy atom. The number of benzene rings is 4. The molecule has 0 radical (unpaired) electrons. The number of amidine groups is 1. The molecule has 0 N–H and O–H groups in total. The highest BCUT2D eigenvalue weighted by Crippen LogP contribution is 2.45. The van der Waals surface area contributed by atoms with Crippen molar-refractivity contribution in [2.24, 2.45) is 4.99 Å². The van der Waals surface area contributed by atoms with Crippen LogP contribution in [0.25, 0.3) is 0 Å². The summed E-state index contributed by atoms with van der Waals surface area (Å²) in [6.07, 6.45) is 0. The van der Waals surface area contributed by atoms with Gasteiger partial charge >= 0.3 is 11.4 Å². The first kappa shape index (κ1) is 27.0. The fourth-order valence-corrected chi connectivity index (χ4v) is 3.85. The number of aryl methyl sites for hydroxylation is 1. The minimum Gasteiger partial charge on any atom is -0.282 e. The standard InChI is InChI=1S/C26H18N6O8/c1-17-7-11-20(12-8-17)28(25-23(31(37)38)15-22(30(35)36)16-24(25)32(39)40)26(27-19-5-3-2-4-6-19)18-9-13-21(14-10-18)29(33)34/h2-16H,1H3. The molecule has 0 aliphatic rings. The van der Waals surface area contributed by atoms with Crippen LogP contribution in [0.5, 0.6) is 0 Å². The molecule has 40 heavy (non-hydrogen) atoms. The predicted molar refractivity (Wildman–Crippen MR) is 145 cm³/mol. The van der Waals surface area contributed by atoms with Crippen molar-refractivity contribution in [3.05, 3.63) is 143 Å². The Hall–Kier alpha value is -6.05. The normalized spacial score (nSPS) is 11.1. The second kappa shape index (κ2) is 11.1. The van der Waals surface area contributed by atoms with E-state index >= 15 is 0 Å². The summed E-state index contributed by atoms with van der Waals surface area (Å²) < 4.78 is 0. The van der Waals surface area contributed by atoms with Crippen molar-refractivity contribution in [2.45, 2.75) is 6.92 Å². The van der Waals surface area contributed by atoms with Gasteiger partial charge in [-0.1, -0.05) is 35.9 Å². The maximum absolute atomic E-state index is 12.2. The van der Waals surface area contributed by atoms with Crippen molar-refractivity contribution in [3.63, 3.8) is 0 Å². The highest BCUT2D eigenvalue weighted by molar-refractivity contribution is 6.17. The van der Waals surface area contributed by atoms with Gasteiger partial charge in [-0.05, 0) is 43.3 Å². The van der Waals surface area contributed by atoms with Gasteiger partial charge in [0.2, 0.25) is 5.69 Å². The van der Waals surface area contributed by atoms with Crippen LogP contribution in [0, 0.1) is 47.4 Å². The largest absolute Gasteiger partial charge is 0.307 e. The molecule has 0 heterocycles. The molecule has 0 spiro atoms. The number of hydrogen-bond donors (Lipinski definition) is 0. The Morgan fingerprint density at radius 1 is 0.650 bits per heavy atom. The Balaban J connectivity index is 2.15. The van der Waals surface area contributed by atoms with E-state index in [1.165, 1.54) is 24.3 Å². The van der Waals surface area contributed by atoms with Gasteiger partial charge in [-0.3, -0.25) is 45.4 Å². The van der Waals surface area contributed by atoms with Gasteiger partial charge in [0.15, 0.2) is 0 Å². The Morgan fingerprint density at radius 3 is 1.65 bits per heavy atom. The van der Waals surface area contributed by atoms with Crippen LogP contribution in [-0.2, 0) is 0 Å². The first-order chi connectivity index (χ1) is 19.1. The maximum atomic E-state index is 12.2. The lowest BCUT2D eigenvalue weighted by molar-refractivity contribution is -0.402. The van der Waals surface area contributed by atoms with E-state index in [4.69, 9.17) is 0 Å². The average Bonchev–Trinajstić information content (AvgIpc) is 2.93. The van der Waals surface area contributed by atoms with Gasteiger partial charge in [-0.15, -0.1) is 0 Å². The Bertz CT molecular complexity index is 1620. The number of nitro benzene ring substituents is 4. The van der Waals surface area contributed by atoms with Crippen LogP contribution in [0.4, 0.5) is 39.8 Å². The molecular weight excluding hydrogens is 524 g/mol. The van der Waals surface area contributed by atoms with E-state index in [-0.39, 0.29) is 22.8 Å². The summed E-state index contributed by atoms with van der Waals surface area (Å²) in [6.45, 7) is 1.79. The SMILES string of the molecule is Cc1ccc(N(C(=Nc2ccccc2)c2ccc([N+](=O)[O-])cc2)c2c([N+](=O)[O-])cc([N+](=O)[O-])cc2[N+](=O)[O-])cc1. The number of hydrogen-bond acceptors (Lipinski definition) is 9. The van der Waals surface area contributed by atoms with Crippen LogP contribution in [0.2, 0.25) is 0 Å². The molecule has 14 nitrogen and oxygen atoms in total. The zero-order valence-corrected chi connectivity index (χ0v) is 20.6. The molecule has 200 valence electrons. The molecule has 0 fully saturated rings. The molecular formula is C26H18N6O8. The van der Waals surface area contributed by atoms with Gasteiger partial charge in [0, 0.05) is 23.4 Å². The fraction of sp³-hybridized carbons (Fsp3) is 0.0385. The number of non-ortho nitro benzene ring substituents is 2. The lowest BCUT2D eigenvalue weighted by Gasteiger charge is -2.26. The number of anilines is 2. The number of nitro groups is 4. The van der Waals surface area contributed by atoms with Crippen molar-refractivity contribution in [1.82, 2.24) is 0 Å². The molecule has 0 bridgehead atoms. The predicted octanol–water partition coefficient (Wildman–Crippen LogP) is 6.54. The molecule has 0 aromatic heterocycles. The van der Waals surface area contributed by atoms with Gasteiger partial charge in [0.1, 0.15) is 5.84 Å². The molecule has 0 unspecified atom stereocenters. The first-order valence-corrected chi connectivity index (χ1v) is 11.4. The van der Waals surface area contributed by atoms with Gasteiger partial charge in [-0.25, -0.2) is 4.99 Å². The minimum atomic E-state index is -0.963. The van der Waals surface area contributed by atoms with Crippen LogP contribution < -0.4 is 4.90 Å². The van der Waals surface area contributed by atoms with Gasteiger partial charge in [-0.2, -0.15) is 0 Å².